The normalized spacial score (nSPS) is 17.4. The first-order valence-electron chi connectivity index (χ1n) is 9.90. The van der Waals surface area contributed by atoms with Gasteiger partial charge in [0.1, 0.15) is 11.5 Å². The van der Waals surface area contributed by atoms with E-state index in [9.17, 15) is 9.59 Å². The molecule has 2 amide bonds. The molecule has 0 aromatic heterocycles. The minimum absolute atomic E-state index is 0.0110. The van der Waals surface area contributed by atoms with Crippen LogP contribution in [-0.4, -0.2) is 45.2 Å². The van der Waals surface area contributed by atoms with Crippen LogP contribution in [-0.2, 0) is 16.1 Å². The standard InChI is InChI=1S/C23H24N2O7/c1-28-13-5-6-14-15-10-19(26)25(23(27)20(15)22(24)32-16(14)9-13)11-12-7-17(29-2)21(31-4)18(8-12)30-3/h5-9,15H,10-11,24H2,1-4H3. The van der Waals surface area contributed by atoms with Gasteiger partial charge in [-0.05, 0) is 23.8 Å². The first kappa shape index (κ1) is 21.4. The van der Waals surface area contributed by atoms with E-state index >= 15 is 0 Å². The van der Waals surface area contributed by atoms with Gasteiger partial charge in [0.25, 0.3) is 5.91 Å². The number of benzene rings is 2. The van der Waals surface area contributed by atoms with Gasteiger partial charge < -0.3 is 29.4 Å². The second-order valence-electron chi connectivity index (χ2n) is 7.36. The van der Waals surface area contributed by atoms with Crippen LogP contribution < -0.4 is 29.4 Å². The van der Waals surface area contributed by atoms with E-state index < -0.39 is 11.8 Å². The average Bonchev–Trinajstić information content (AvgIpc) is 2.80. The topological polar surface area (TPSA) is 110 Å². The zero-order valence-corrected chi connectivity index (χ0v) is 18.3. The molecule has 2 heterocycles. The van der Waals surface area contributed by atoms with Crippen molar-refractivity contribution < 1.29 is 33.3 Å². The number of nitrogens with two attached hydrogens (primary N) is 1. The van der Waals surface area contributed by atoms with E-state index in [2.05, 4.69) is 0 Å². The number of nitrogens with zero attached hydrogens (tertiary/aromatic N) is 1. The Morgan fingerprint density at radius 2 is 1.69 bits per heavy atom. The molecular formula is C23H24N2O7. The highest BCUT2D eigenvalue weighted by atomic mass is 16.5. The van der Waals surface area contributed by atoms with Gasteiger partial charge in [0, 0.05) is 24.0 Å². The van der Waals surface area contributed by atoms with E-state index in [1.54, 1.807) is 37.4 Å². The monoisotopic (exact) mass is 440 g/mol. The Labute approximate surface area is 185 Å². The summed E-state index contributed by atoms with van der Waals surface area (Å²) < 4.78 is 27.0. The maximum Gasteiger partial charge on any atom is 0.262 e. The number of carbonyl (C=O) groups excluding carboxylic acids is 2. The Morgan fingerprint density at radius 3 is 2.28 bits per heavy atom. The van der Waals surface area contributed by atoms with E-state index in [1.165, 1.54) is 21.3 Å². The first-order valence-corrected chi connectivity index (χ1v) is 9.90. The Bertz CT molecular complexity index is 1100. The number of carbonyl (C=O) groups is 2. The fourth-order valence-corrected chi connectivity index (χ4v) is 4.10. The molecule has 2 aromatic rings. The molecule has 32 heavy (non-hydrogen) atoms. The molecule has 0 aliphatic carbocycles. The van der Waals surface area contributed by atoms with Crippen molar-refractivity contribution in [2.45, 2.75) is 18.9 Å². The van der Waals surface area contributed by atoms with Crippen molar-refractivity contribution in [2.24, 2.45) is 5.73 Å². The summed E-state index contributed by atoms with van der Waals surface area (Å²) in [5.41, 5.74) is 7.76. The molecule has 0 spiro atoms. The number of ether oxygens (including phenoxy) is 5. The second-order valence-corrected chi connectivity index (χ2v) is 7.36. The fourth-order valence-electron chi connectivity index (χ4n) is 4.10. The van der Waals surface area contributed by atoms with Gasteiger partial charge in [-0.3, -0.25) is 14.5 Å². The van der Waals surface area contributed by atoms with Crippen LogP contribution in [0.2, 0.25) is 0 Å². The van der Waals surface area contributed by atoms with Crippen LogP contribution in [0, 0.1) is 0 Å². The molecule has 168 valence electrons. The largest absolute Gasteiger partial charge is 0.497 e. The number of likely N-dealkylation sites (tertiary alicyclic amines) is 1. The van der Waals surface area contributed by atoms with E-state index in [4.69, 9.17) is 29.4 Å². The second kappa shape index (κ2) is 8.33. The van der Waals surface area contributed by atoms with Crippen LogP contribution in [0.1, 0.15) is 23.5 Å². The fraction of sp³-hybridized carbons (Fsp3) is 0.304. The molecule has 2 aliphatic heterocycles. The Hall–Kier alpha value is -3.88. The molecule has 2 N–H and O–H groups in total. The molecule has 1 unspecified atom stereocenters. The van der Waals surface area contributed by atoms with E-state index in [0.29, 0.717) is 34.3 Å². The number of methoxy groups -OCH3 is 4. The smallest absolute Gasteiger partial charge is 0.262 e. The Balaban J connectivity index is 1.67. The number of hydrogen-bond donors (Lipinski definition) is 1. The summed E-state index contributed by atoms with van der Waals surface area (Å²) in [7, 11) is 6.05. The summed E-state index contributed by atoms with van der Waals surface area (Å²) >= 11 is 0. The van der Waals surface area contributed by atoms with Crippen LogP contribution in [0.4, 0.5) is 0 Å². The van der Waals surface area contributed by atoms with Crippen LogP contribution in [0.15, 0.2) is 41.8 Å². The number of imide groups is 1. The van der Waals surface area contributed by atoms with Crippen molar-refractivity contribution >= 4 is 11.8 Å². The molecule has 2 aromatic carbocycles. The predicted molar refractivity (Wildman–Crippen MR) is 114 cm³/mol. The van der Waals surface area contributed by atoms with Gasteiger partial charge in [-0.1, -0.05) is 6.07 Å². The minimum Gasteiger partial charge on any atom is -0.497 e. The van der Waals surface area contributed by atoms with Crippen LogP contribution in [0.25, 0.3) is 0 Å². The molecule has 4 rings (SSSR count). The van der Waals surface area contributed by atoms with Gasteiger partial charge in [0.15, 0.2) is 17.4 Å². The molecule has 0 saturated carbocycles. The number of rotatable bonds is 6. The lowest BCUT2D eigenvalue weighted by atomic mass is 9.82. The maximum atomic E-state index is 13.3. The highest BCUT2D eigenvalue weighted by molar-refractivity contribution is 6.09. The molecule has 1 atom stereocenters. The molecule has 0 radical (unpaired) electrons. The van der Waals surface area contributed by atoms with Gasteiger partial charge >= 0.3 is 0 Å². The Kier molecular flexibility index (Phi) is 5.56. The summed E-state index contributed by atoms with van der Waals surface area (Å²) in [6.45, 7) is 0.0212. The van der Waals surface area contributed by atoms with Crippen molar-refractivity contribution in [2.75, 3.05) is 28.4 Å². The van der Waals surface area contributed by atoms with Crippen LogP contribution in [0.5, 0.6) is 28.7 Å². The average molecular weight is 440 g/mol. The number of piperidine rings is 1. The number of amides is 2. The van der Waals surface area contributed by atoms with E-state index in [0.717, 1.165) is 10.5 Å². The Morgan fingerprint density at radius 1 is 1.00 bits per heavy atom. The van der Waals surface area contributed by atoms with Gasteiger partial charge in [-0.2, -0.15) is 0 Å². The third-order valence-corrected chi connectivity index (χ3v) is 5.65. The van der Waals surface area contributed by atoms with Crippen LogP contribution in [0.3, 0.4) is 0 Å². The summed E-state index contributed by atoms with van der Waals surface area (Å²) in [5.74, 6) is 1.08. The quantitative estimate of drug-likeness (QED) is 0.682. The molecule has 1 fully saturated rings. The highest BCUT2D eigenvalue weighted by Gasteiger charge is 2.43. The maximum absolute atomic E-state index is 13.3. The first-order chi connectivity index (χ1) is 15.4. The highest BCUT2D eigenvalue weighted by Crippen LogP contribution is 2.45. The molecule has 2 aliphatic rings. The van der Waals surface area contributed by atoms with Gasteiger partial charge in [0.2, 0.25) is 11.7 Å². The lowest BCUT2D eigenvalue weighted by Crippen LogP contribution is -2.46. The molecule has 9 heteroatoms. The van der Waals surface area contributed by atoms with Crippen molar-refractivity contribution in [3.8, 4) is 28.7 Å². The van der Waals surface area contributed by atoms with Crippen molar-refractivity contribution in [3.05, 3.63) is 52.9 Å². The van der Waals surface area contributed by atoms with E-state index in [-0.39, 0.29) is 30.3 Å². The molecular weight excluding hydrogens is 416 g/mol. The molecule has 0 bridgehead atoms. The molecule has 9 nitrogen and oxygen atoms in total. The number of hydrogen-bond acceptors (Lipinski definition) is 8. The summed E-state index contributed by atoms with van der Waals surface area (Å²) in [6, 6.07) is 8.64. The zero-order chi connectivity index (χ0) is 23.0. The van der Waals surface area contributed by atoms with Crippen molar-refractivity contribution in [3.63, 3.8) is 0 Å². The lowest BCUT2D eigenvalue weighted by Gasteiger charge is -2.36. The summed E-state index contributed by atoms with van der Waals surface area (Å²) in [6.07, 6.45) is 0.0921. The predicted octanol–water partition coefficient (Wildman–Crippen LogP) is 2.33. The van der Waals surface area contributed by atoms with Gasteiger partial charge in [-0.15, -0.1) is 0 Å². The van der Waals surface area contributed by atoms with Crippen LogP contribution >= 0.6 is 0 Å². The lowest BCUT2D eigenvalue weighted by molar-refractivity contribution is -0.146. The summed E-state index contributed by atoms with van der Waals surface area (Å²) in [4.78, 5) is 27.5. The summed E-state index contributed by atoms with van der Waals surface area (Å²) in [5, 5.41) is 0. The molecule has 1 saturated heterocycles. The van der Waals surface area contributed by atoms with Crippen molar-refractivity contribution in [1.82, 2.24) is 4.90 Å². The van der Waals surface area contributed by atoms with Gasteiger partial charge in [-0.25, -0.2) is 0 Å². The third kappa shape index (κ3) is 3.45. The van der Waals surface area contributed by atoms with E-state index in [1.807, 2.05) is 0 Å². The minimum atomic E-state index is -0.487. The van der Waals surface area contributed by atoms with Crippen molar-refractivity contribution in [1.29, 1.82) is 0 Å². The number of fused-ring (bicyclic) bond motifs is 3. The SMILES string of the molecule is COc1ccc2c(c1)OC(N)=C1C(=O)N(Cc3cc(OC)c(OC)c(OC)c3)C(=O)CC12. The van der Waals surface area contributed by atoms with Gasteiger partial charge in [0.05, 0.1) is 40.6 Å². The zero-order valence-electron chi connectivity index (χ0n) is 18.3. The third-order valence-electron chi connectivity index (χ3n) is 5.65.